The molecule has 1 aliphatic carbocycles. The fourth-order valence-electron chi connectivity index (χ4n) is 3.60. The molecule has 0 spiro atoms. The third-order valence-electron chi connectivity index (χ3n) is 4.84. The molecule has 0 heterocycles. The molecular formula is C17H37N3. The Bertz CT molecular complexity index is 263. The van der Waals surface area contributed by atoms with Crippen molar-refractivity contribution in [1.29, 1.82) is 0 Å². The SMILES string of the molecule is CCCNC1C(N(C)CCCN(C)C)CCCC1(C)C. The van der Waals surface area contributed by atoms with E-state index >= 15 is 0 Å². The molecule has 0 aromatic carbocycles. The van der Waals surface area contributed by atoms with Crippen molar-refractivity contribution >= 4 is 0 Å². The van der Waals surface area contributed by atoms with Crippen LogP contribution in [0.1, 0.15) is 52.9 Å². The molecule has 1 fully saturated rings. The Morgan fingerprint density at radius 3 is 2.45 bits per heavy atom. The predicted octanol–water partition coefficient (Wildman–Crippen LogP) is 2.82. The second kappa shape index (κ2) is 8.35. The molecule has 2 unspecified atom stereocenters. The third kappa shape index (κ3) is 5.34. The van der Waals surface area contributed by atoms with Gasteiger partial charge in [0.15, 0.2) is 0 Å². The molecule has 0 amide bonds. The fraction of sp³-hybridized carbons (Fsp3) is 1.00. The van der Waals surface area contributed by atoms with E-state index in [9.17, 15) is 0 Å². The van der Waals surface area contributed by atoms with Gasteiger partial charge in [0.1, 0.15) is 0 Å². The summed E-state index contributed by atoms with van der Waals surface area (Å²) in [4.78, 5) is 4.89. The van der Waals surface area contributed by atoms with Crippen LogP contribution in [0, 0.1) is 5.41 Å². The summed E-state index contributed by atoms with van der Waals surface area (Å²) in [7, 11) is 6.65. The van der Waals surface area contributed by atoms with Gasteiger partial charge in [-0.3, -0.25) is 0 Å². The summed E-state index contributed by atoms with van der Waals surface area (Å²) in [6.45, 7) is 10.7. The lowest BCUT2D eigenvalue weighted by Gasteiger charge is -2.48. The lowest BCUT2D eigenvalue weighted by molar-refractivity contribution is 0.0613. The van der Waals surface area contributed by atoms with Crippen molar-refractivity contribution < 1.29 is 0 Å². The van der Waals surface area contributed by atoms with E-state index in [1.165, 1.54) is 45.2 Å². The van der Waals surface area contributed by atoms with E-state index in [0.29, 0.717) is 17.5 Å². The van der Waals surface area contributed by atoms with Crippen molar-refractivity contribution in [3.05, 3.63) is 0 Å². The van der Waals surface area contributed by atoms with E-state index < -0.39 is 0 Å². The molecule has 0 aromatic heterocycles. The van der Waals surface area contributed by atoms with Gasteiger partial charge in [-0.1, -0.05) is 27.2 Å². The van der Waals surface area contributed by atoms with Crippen LogP contribution in [0.2, 0.25) is 0 Å². The minimum Gasteiger partial charge on any atom is -0.312 e. The first-order valence-electron chi connectivity index (χ1n) is 8.47. The van der Waals surface area contributed by atoms with Crippen molar-refractivity contribution in [1.82, 2.24) is 15.1 Å². The van der Waals surface area contributed by atoms with Crippen LogP contribution in [0.25, 0.3) is 0 Å². The Labute approximate surface area is 127 Å². The van der Waals surface area contributed by atoms with Gasteiger partial charge in [-0.2, -0.15) is 0 Å². The normalized spacial score (nSPS) is 26.4. The zero-order chi connectivity index (χ0) is 15.2. The zero-order valence-corrected chi connectivity index (χ0v) is 14.7. The monoisotopic (exact) mass is 283 g/mol. The number of likely N-dealkylation sites (N-methyl/N-ethyl adjacent to an activating group) is 1. The molecule has 0 saturated heterocycles. The highest BCUT2D eigenvalue weighted by atomic mass is 15.2. The van der Waals surface area contributed by atoms with Crippen molar-refractivity contribution in [3.8, 4) is 0 Å². The predicted molar refractivity (Wildman–Crippen MR) is 89.3 cm³/mol. The van der Waals surface area contributed by atoms with E-state index in [4.69, 9.17) is 0 Å². The van der Waals surface area contributed by atoms with Crippen LogP contribution in [0.15, 0.2) is 0 Å². The Morgan fingerprint density at radius 2 is 1.85 bits per heavy atom. The smallest absolute Gasteiger partial charge is 0.0274 e. The summed E-state index contributed by atoms with van der Waals surface area (Å²) in [6.07, 6.45) is 6.57. The Hall–Kier alpha value is -0.120. The maximum Gasteiger partial charge on any atom is 0.0274 e. The van der Waals surface area contributed by atoms with Gasteiger partial charge in [-0.05, 0) is 71.9 Å². The van der Waals surface area contributed by atoms with E-state index in [-0.39, 0.29) is 0 Å². The number of hydrogen-bond acceptors (Lipinski definition) is 3. The van der Waals surface area contributed by atoms with E-state index in [1.807, 2.05) is 0 Å². The van der Waals surface area contributed by atoms with Gasteiger partial charge >= 0.3 is 0 Å². The number of hydrogen-bond donors (Lipinski definition) is 1. The summed E-state index contributed by atoms with van der Waals surface area (Å²) >= 11 is 0. The number of nitrogens with one attached hydrogen (secondary N) is 1. The molecule has 2 atom stereocenters. The molecule has 1 aliphatic rings. The van der Waals surface area contributed by atoms with Gasteiger partial charge in [0.2, 0.25) is 0 Å². The van der Waals surface area contributed by atoms with E-state index in [1.54, 1.807) is 0 Å². The second-order valence-corrected chi connectivity index (χ2v) is 7.52. The van der Waals surface area contributed by atoms with Gasteiger partial charge in [0, 0.05) is 12.1 Å². The van der Waals surface area contributed by atoms with Crippen molar-refractivity contribution in [2.24, 2.45) is 5.41 Å². The summed E-state index contributed by atoms with van der Waals surface area (Å²) in [6, 6.07) is 1.34. The summed E-state index contributed by atoms with van der Waals surface area (Å²) < 4.78 is 0. The lowest BCUT2D eigenvalue weighted by atomic mass is 9.70. The Kier molecular flexibility index (Phi) is 7.49. The summed E-state index contributed by atoms with van der Waals surface area (Å²) in [5, 5.41) is 3.84. The van der Waals surface area contributed by atoms with Crippen LogP contribution in [-0.4, -0.2) is 62.7 Å². The summed E-state index contributed by atoms with van der Waals surface area (Å²) in [5.41, 5.74) is 0.424. The van der Waals surface area contributed by atoms with Crippen molar-refractivity contribution in [2.75, 3.05) is 40.8 Å². The first kappa shape index (κ1) is 17.9. The topological polar surface area (TPSA) is 18.5 Å². The highest BCUT2D eigenvalue weighted by molar-refractivity contribution is 4.97. The van der Waals surface area contributed by atoms with Crippen LogP contribution in [0.3, 0.4) is 0 Å². The van der Waals surface area contributed by atoms with Crippen LogP contribution in [0.4, 0.5) is 0 Å². The third-order valence-corrected chi connectivity index (χ3v) is 4.84. The van der Waals surface area contributed by atoms with Crippen molar-refractivity contribution in [2.45, 2.75) is 65.0 Å². The quantitative estimate of drug-likeness (QED) is 0.739. The van der Waals surface area contributed by atoms with Crippen LogP contribution in [-0.2, 0) is 0 Å². The van der Waals surface area contributed by atoms with E-state index in [2.05, 4.69) is 57.0 Å². The Balaban J connectivity index is 2.58. The molecule has 1 N–H and O–H groups in total. The largest absolute Gasteiger partial charge is 0.312 e. The van der Waals surface area contributed by atoms with Gasteiger partial charge in [0.25, 0.3) is 0 Å². The molecular weight excluding hydrogens is 246 g/mol. The van der Waals surface area contributed by atoms with Gasteiger partial charge < -0.3 is 15.1 Å². The molecule has 3 heteroatoms. The second-order valence-electron chi connectivity index (χ2n) is 7.52. The first-order chi connectivity index (χ1) is 9.38. The molecule has 20 heavy (non-hydrogen) atoms. The van der Waals surface area contributed by atoms with Crippen LogP contribution >= 0.6 is 0 Å². The standard InChI is InChI=1S/C17H37N3/c1-7-12-18-16-15(10-8-11-17(16,2)3)20(6)14-9-13-19(4)5/h15-16,18H,7-14H2,1-6H3. The van der Waals surface area contributed by atoms with Crippen LogP contribution in [0.5, 0.6) is 0 Å². The highest BCUT2D eigenvalue weighted by Crippen LogP contribution is 2.37. The van der Waals surface area contributed by atoms with Gasteiger partial charge in [0.05, 0.1) is 0 Å². The number of rotatable bonds is 8. The molecule has 0 radical (unpaired) electrons. The average Bonchev–Trinajstić information content (AvgIpc) is 2.35. The molecule has 0 aromatic rings. The van der Waals surface area contributed by atoms with E-state index in [0.717, 1.165) is 6.54 Å². The molecule has 1 rings (SSSR count). The summed E-state index contributed by atoms with van der Waals surface area (Å²) in [5.74, 6) is 0. The van der Waals surface area contributed by atoms with Gasteiger partial charge in [-0.25, -0.2) is 0 Å². The molecule has 0 aliphatic heterocycles. The maximum atomic E-state index is 3.84. The minimum atomic E-state index is 0.424. The molecule has 120 valence electrons. The van der Waals surface area contributed by atoms with Crippen LogP contribution < -0.4 is 5.32 Å². The zero-order valence-electron chi connectivity index (χ0n) is 14.7. The average molecular weight is 284 g/mol. The minimum absolute atomic E-state index is 0.424. The Morgan fingerprint density at radius 1 is 1.15 bits per heavy atom. The maximum absolute atomic E-state index is 3.84. The van der Waals surface area contributed by atoms with Gasteiger partial charge in [-0.15, -0.1) is 0 Å². The first-order valence-corrected chi connectivity index (χ1v) is 8.47. The fourth-order valence-corrected chi connectivity index (χ4v) is 3.60. The number of nitrogens with zero attached hydrogens (tertiary/aromatic N) is 2. The molecule has 1 saturated carbocycles. The lowest BCUT2D eigenvalue weighted by Crippen LogP contribution is -2.58. The highest BCUT2D eigenvalue weighted by Gasteiger charge is 2.39. The van der Waals surface area contributed by atoms with Crippen molar-refractivity contribution in [3.63, 3.8) is 0 Å². The molecule has 3 nitrogen and oxygen atoms in total. The molecule has 0 bridgehead atoms.